The fourth-order valence-corrected chi connectivity index (χ4v) is 4.11. The van der Waals surface area contributed by atoms with E-state index in [-0.39, 0.29) is 0 Å². The quantitative estimate of drug-likeness (QED) is 0.466. The topological polar surface area (TPSA) is 52.2 Å². The molecule has 2 aromatic heterocycles. The molecule has 0 aliphatic carbocycles. The van der Waals surface area contributed by atoms with Gasteiger partial charge in [-0.15, -0.1) is 0 Å². The minimum atomic E-state index is -3.21. The van der Waals surface area contributed by atoms with Crippen LogP contribution in [-0.2, 0) is 9.84 Å². The van der Waals surface area contributed by atoms with Gasteiger partial charge in [0.1, 0.15) is 5.76 Å². The maximum absolute atomic E-state index is 11.7. The molecule has 0 N–H and O–H groups in total. The molecule has 4 aromatic rings. The van der Waals surface area contributed by atoms with Gasteiger partial charge in [-0.3, -0.25) is 0 Å². The maximum atomic E-state index is 11.7. The third-order valence-electron chi connectivity index (χ3n) is 4.91. The normalized spacial score (nSPS) is 11.7. The lowest BCUT2D eigenvalue weighted by molar-refractivity contribution is 0.582. The fourth-order valence-electron chi connectivity index (χ4n) is 3.47. The van der Waals surface area contributed by atoms with E-state index >= 15 is 0 Å². The molecule has 4 rings (SSSR count). The number of benzene rings is 2. The van der Waals surface area contributed by atoms with Crippen molar-refractivity contribution in [3.05, 3.63) is 84.3 Å². The molecule has 0 aliphatic rings. The van der Waals surface area contributed by atoms with Crippen molar-refractivity contribution in [1.29, 1.82) is 0 Å². The minimum Gasteiger partial charge on any atom is -0.464 e. The summed E-state index contributed by atoms with van der Waals surface area (Å²) in [6, 6.07) is 21.3. The van der Waals surface area contributed by atoms with Crippen LogP contribution >= 0.6 is 0 Å². The lowest BCUT2D eigenvalue weighted by atomic mass is 10.1. The van der Waals surface area contributed by atoms with Gasteiger partial charge in [-0.1, -0.05) is 12.1 Å². The summed E-state index contributed by atoms with van der Waals surface area (Å²) in [5, 5.41) is 0. The second-order valence-electron chi connectivity index (χ2n) is 6.97. The number of furan rings is 1. The van der Waals surface area contributed by atoms with Crippen molar-refractivity contribution < 1.29 is 12.8 Å². The highest BCUT2D eigenvalue weighted by Gasteiger charge is 2.13. The first-order chi connectivity index (χ1) is 13.3. The van der Waals surface area contributed by atoms with Crippen LogP contribution in [0.4, 0.5) is 0 Å². The van der Waals surface area contributed by atoms with Crippen molar-refractivity contribution in [2.75, 3.05) is 6.26 Å². The summed E-state index contributed by atoms with van der Waals surface area (Å²) < 4.78 is 31.2. The number of sulfone groups is 1. The molecule has 0 amide bonds. The van der Waals surface area contributed by atoms with Crippen LogP contribution in [0.3, 0.4) is 0 Å². The maximum Gasteiger partial charge on any atom is 0.175 e. The molecule has 0 spiro atoms. The van der Waals surface area contributed by atoms with Crippen molar-refractivity contribution in [2.24, 2.45) is 0 Å². The van der Waals surface area contributed by atoms with E-state index in [2.05, 4.69) is 48.7 Å². The summed E-state index contributed by atoms with van der Waals surface area (Å²) in [4.78, 5) is 0.324. The molecule has 0 atom stereocenters. The number of hydrogen-bond donors (Lipinski definition) is 0. The molecule has 0 aliphatic heterocycles. The average Bonchev–Trinajstić information content (AvgIpc) is 3.31. The Morgan fingerprint density at radius 2 is 1.64 bits per heavy atom. The molecule has 4 nitrogen and oxygen atoms in total. The molecule has 5 heteroatoms. The summed E-state index contributed by atoms with van der Waals surface area (Å²) in [6.07, 6.45) is 2.90. The van der Waals surface area contributed by atoms with Gasteiger partial charge in [-0.2, -0.15) is 0 Å². The van der Waals surface area contributed by atoms with Gasteiger partial charge < -0.3 is 8.98 Å². The van der Waals surface area contributed by atoms with Gasteiger partial charge in [-0.25, -0.2) is 8.42 Å². The van der Waals surface area contributed by atoms with E-state index in [4.69, 9.17) is 4.42 Å². The van der Waals surface area contributed by atoms with Crippen LogP contribution in [0.25, 0.3) is 28.3 Å². The van der Waals surface area contributed by atoms with E-state index in [1.165, 1.54) is 6.26 Å². The second-order valence-corrected chi connectivity index (χ2v) is 8.98. The van der Waals surface area contributed by atoms with Crippen LogP contribution in [0.15, 0.2) is 82.3 Å². The molecule has 142 valence electrons. The highest BCUT2D eigenvalue weighted by atomic mass is 32.2. The Bertz CT molecular complexity index is 1230. The third-order valence-corrected chi connectivity index (χ3v) is 6.04. The Kier molecular flexibility index (Phi) is 4.47. The van der Waals surface area contributed by atoms with Crippen molar-refractivity contribution in [3.8, 4) is 28.3 Å². The first-order valence-corrected chi connectivity index (χ1v) is 10.9. The predicted octanol–water partition coefficient (Wildman–Crippen LogP) is 5.42. The van der Waals surface area contributed by atoms with E-state index in [1.54, 1.807) is 18.4 Å². The van der Waals surface area contributed by atoms with Gasteiger partial charge in [0.25, 0.3) is 0 Å². The van der Waals surface area contributed by atoms with Crippen LogP contribution in [0.5, 0.6) is 0 Å². The number of aryl methyl sites for hydroxylation is 2. The summed E-state index contributed by atoms with van der Waals surface area (Å²) in [5.41, 5.74) is 6.33. The zero-order valence-corrected chi connectivity index (χ0v) is 16.8. The first kappa shape index (κ1) is 18.3. The Balaban J connectivity index is 1.78. The SMILES string of the molecule is Cc1cc(-n2c(C)ccc2-c2ccc(S(C)(=O)=O)cc2)ccc1-c1ccco1. The lowest BCUT2D eigenvalue weighted by Crippen LogP contribution is -2.01. The Labute approximate surface area is 165 Å². The van der Waals surface area contributed by atoms with Crippen LogP contribution in [0, 0.1) is 13.8 Å². The van der Waals surface area contributed by atoms with E-state index in [9.17, 15) is 8.42 Å². The number of nitrogens with zero attached hydrogens (tertiary/aromatic N) is 1. The summed E-state index contributed by atoms with van der Waals surface area (Å²) in [7, 11) is -3.21. The van der Waals surface area contributed by atoms with Crippen LogP contribution in [-0.4, -0.2) is 19.2 Å². The molecule has 2 heterocycles. The molecular formula is C23H21NO3S. The van der Waals surface area contributed by atoms with Gasteiger partial charge in [0.15, 0.2) is 9.84 Å². The molecule has 0 unspecified atom stereocenters. The molecule has 0 saturated carbocycles. The summed E-state index contributed by atoms with van der Waals surface area (Å²) in [6.45, 7) is 4.13. The smallest absolute Gasteiger partial charge is 0.175 e. The summed E-state index contributed by atoms with van der Waals surface area (Å²) >= 11 is 0. The average molecular weight is 391 g/mol. The number of hydrogen-bond acceptors (Lipinski definition) is 3. The van der Waals surface area contributed by atoms with E-state index in [0.717, 1.165) is 39.5 Å². The molecule has 0 bridgehead atoms. The number of rotatable bonds is 4. The van der Waals surface area contributed by atoms with Crippen LogP contribution in [0.2, 0.25) is 0 Å². The van der Waals surface area contributed by atoms with Gasteiger partial charge in [0.2, 0.25) is 0 Å². The van der Waals surface area contributed by atoms with Gasteiger partial charge in [0, 0.05) is 23.2 Å². The predicted molar refractivity (Wildman–Crippen MR) is 111 cm³/mol. The van der Waals surface area contributed by atoms with Crippen LogP contribution < -0.4 is 0 Å². The largest absolute Gasteiger partial charge is 0.464 e. The fraction of sp³-hybridized carbons (Fsp3) is 0.130. The van der Waals surface area contributed by atoms with Gasteiger partial charge >= 0.3 is 0 Å². The summed E-state index contributed by atoms with van der Waals surface area (Å²) in [5.74, 6) is 0.852. The minimum absolute atomic E-state index is 0.324. The van der Waals surface area contributed by atoms with Crippen LogP contribution in [0.1, 0.15) is 11.3 Å². The van der Waals surface area contributed by atoms with E-state index in [0.29, 0.717) is 4.90 Å². The molecule has 0 saturated heterocycles. The third kappa shape index (κ3) is 3.29. The molecule has 0 radical (unpaired) electrons. The molecular weight excluding hydrogens is 370 g/mol. The first-order valence-electron chi connectivity index (χ1n) is 8.98. The van der Waals surface area contributed by atoms with Crippen molar-refractivity contribution >= 4 is 9.84 Å². The van der Waals surface area contributed by atoms with E-state index in [1.807, 2.05) is 24.3 Å². The standard InChI is InChI=1S/C23H21NO3S/c1-16-15-19(9-12-21(16)23-5-4-14-27-23)24-17(2)6-13-22(24)18-7-10-20(11-8-18)28(3,25)26/h4-15H,1-3H3. The lowest BCUT2D eigenvalue weighted by Gasteiger charge is -2.14. The molecule has 2 aromatic carbocycles. The highest BCUT2D eigenvalue weighted by Crippen LogP contribution is 2.31. The second kappa shape index (κ2) is 6.84. The Morgan fingerprint density at radius 1 is 0.893 bits per heavy atom. The Hall–Kier alpha value is -3.05. The Morgan fingerprint density at radius 3 is 2.25 bits per heavy atom. The van der Waals surface area contributed by atoms with E-state index < -0.39 is 9.84 Å². The molecule has 28 heavy (non-hydrogen) atoms. The monoisotopic (exact) mass is 391 g/mol. The van der Waals surface area contributed by atoms with Crippen molar-refractivity contribution in [2.45, 2.75) is 18.7 Å². The van der Waals surface area contributed by atoms with Gasteiger partial charge in [0.05, 0.1) is 16.9 Å². The molecule has 0 fully saturated rings. The zero-order chi connectivity index (χ0) is 19.9. The van der Waals surface area contributed by atoms with Gasteiger partial charge in [-0.05, 0) is 79.6 Å². The van der Waals surface area contributed by atoms with Crippen molar-refractivity contribution in [1.82, 2.24) is 4.57 Å². The zero-order valence-electron chi connectivity index (χ0n) is 16.0. The van der Waals surface area contributed by atoms with Crippen molar-refractivity contribution in [3.63, 3.8) is 0 Å². The highest BCUT2D eigenvalue weighted by molar-refractivity contribution is 7.90. The number of aromatic nitrogens is 1.